The highest BCUT2D eigenvalue weighted by Crippen LogP contribution is 2.14. The number of hydrogen-bond acceptors (Lipinski definition) is 3. The Labute approximate surface area is 113 Å². The Bertz CT molecular complexity index is 428. The number of halogens is 1. The van der Waals surface area contributed by atoms with Gasteiger partial charge in [0, 0.05) is 12.6 Å². The second-order valence-electron chi connectivity index (χ2n) is 4.47. The van der Waals surface area contributed by atoms with Gasteiger partial charge in [0.05, 0.1) is 5.56 Å². The van der Waals surface area contributed by atoms with Crippen LogP contribution in [0.5, 0.6) is 0 Å². The van der Waals surface area contributed by atoms with Gasteiger partial charge in [0.15, 0.2) is 0 Å². The molecule has 0 aromatic heterocycles. The highest BCUT2D eigenvalue weighted by Gasteiger charge is 2.10. The summed E-state index contributed by atoms with van der Waals surface area (Å²) in [4.78, 5) is 2.23. The van der Waals surface area contributed by atoms with Gasteiger partial charge in [-0.25, -0.2) is 4.39 Å². The van der Waals surface area contributed by atoms with Gasteiger partial charge in [0.1, 0.15) is 11.9 Å². The summed E-state index contributed by atoms with van der Waals surface area (Å²) >= 11 is 1.84. The minimum atomic E-state index is -0.445. The molecule has 18 heavy (non-hydrogen) atoms. The zero-order valence-electron chi connectivity index (χ0n) is 11.1. The van der Waals surface area contributed by atoms with Crippen molar-refractivity contribution < 1.29 is 4.39 Å². The van der Waals surface area contributed by atoms with E-state index in [4.69, 9.17) is 5.26 Å². The summed E-state index contributed by atoms with van der Waals surface area (Å²) in [6, 6.07) is 7.10. The fourth-order valence-electron chi connectivity index (χ4n) is 1.71. The van der Waals surface area contributed by atoms with Gasteiger partial charge in [-0.1, -0.05) is 6.07 Å². The molecular weight excluding hydrogens is 247 g/mol. The number of nitriles is 1. The number of nitrogens with zero attached hydrogens (tertiary/aromatic N) is 2. The van der Waals surface area contributed by atoms with Crippen LogP contribution in [0.15, 0.2) is 18.2 Å². The summed E-state index contributed by atoms with van der Waals surface area (Å²) in [5.41, 5.74) is 1.10. The lowest BCUT2D eigenvalue weighted by molar-refractivity contribution is 0.245. The summed E-state index contributed by atoms with van der Waals surface area (Å²) in [7, 11) is 2.06. The molecule has 1 atom stereocenters. The first kappa shape index (κ1) is 15.0. The van der Waals surface area contributed by atoms with Crippen molar-refractivity contribution in [2.75, 3.05) is 19.1 Å². The van der Waals surface area contributed by atoms with Crippen LogP contribution in [0.2, 0.25) is 0 Å². The SMILES string of the molecule is CSCCC(C)N(C)Cc1ccc(F)c(C#N)c1. The Hall–Kier alpha value is -1.05. The van der Waals surface area contributed by atoms with Crippen LogP contribution in [-0.2, 0) is 6.54 Å². The molecule has 0 N–H and O–H groups in total. The van der Waals surface area contributed by atoms with Crippen molar-refractivity contribution in [1.82, 2.24) is 4.90 Å². The third kappa shape index (κ3) is 4.32. The van der Waals surface area contributed by atoms with E-state index < -0.39 is 5.82 Å². The standard InChI is InChI=1S/C14H19FN2S/c1-11(6-7-18-3)17(2)10-12-4-5-14(15)13(8-12)9-16/h4-5,8,11H,6-7,10H2,1-3H3. The van der Waals surface area contributed by atoms with Gasteiger partial charge < -0.3 is 0 Å². The minimum Gasteiger partial charge on any atom is -0.299 e. The van der Waals surface area contributed by atoms with Gasteiger partial charge in [0.2, 0.25) is 0 Å². The average molecular weight is 266 g/mol. The molecule has 1 aromatic rings. The normalized spacial score (nSPS) is 12.4. The number of rotatable bonds is 6. The predicted octanol–water partition coefficient (Wildman–Crippen LogP) is 3.27. The lowest BCUT2D eigenvalue weighted by Crippen LogP contribution is -2.29. The maximum atomic E-state index is 13.2. The van der Waals surface area contributed by atoms with Crippen LogP contribution in [0.4, 0.5) is 4.39 Å². The molecule has 0 saturated heterocycles. The molecule has 98 valence electrons. The predicted molar refractivity (Wildman–Crippen MR) is 75.0 cm³/mol. The molecule has 1 rings (SSSR count). The molecular formula is C14H19FN2S. The van der Waals surface area contributed by atoms with Crippen LogP contribution in [0.3, 0.4) is 0 Å². The second-order valence-corrected chi connectivity index (χ2v) is 5.46. The average Bonchev–Trinajstić information content (AvgIpc) is 2.37. The van der Waals surface area contributed by atoms with E-state index in [1.807, 2.05) is 17.8 Å². The van der Waals surface area contributed by atoms with Gasteiger partial charge >= 0.3 is 0 Å². The Kier molecular flexibility index (Phi) is 6.17. The summed E-state index contributed by atoms with van der Waals surface area (Å²) in [5, 5.41) is 8.80. The van der Waals surface area contributed by atoms with Crippen LogP contribution in [0, 0.1) is 17.1 Å². The lowest BCUT2D eigenvalue weighted by atomic mass is 10.1. The van der Waals surface area contributed by atoms with Crippen LogP contribution < -0.4 is 0 Å². The van der Waals surface area contributed by atoms with Crippen LogP contribution in [0.25, 0.3) is 0 Å². The summed E-state index contributed by atoms with van der Waals surface area (Å²) < 4.78 is 13.2. The summed E-state index contributed by atoms with van der Waals surface area (Å²) in [6.07, 6.45) is 3.23. The van der Waals surface area contributed by atoms with Gasteiger partial charge in [0.25, 0.3) is 0 Å². The van der Waals surface area contributed by atoms with E-state index in [0.717, 1.165) is 24.3 Å². The number of hydrogen-bond donors (Lipinski definition) is 0. The maximum Gasteiger partial charge on any atom is 0.140 e. The zero-order valence-corrected chi connectivity index (χ0v) is 11.9. The van der Waals surface area contributed by atoms with Gasteiger partial charge in [-0.2, -0.15) is 17.0 Å². The molecule has 0 heterocycles. The fraction of sp³-hybridized carbons (Fsp3) is 0.500. The van der Waals surface area contributed by atoms with Crippen molar-refractivity contribution in [3.05, 3.63) is 35.1 Å². The van der Waals surface area contributed by atoms with E-state index in [0.29, 0.717) is 6.04 Å². The van der Waals surface area contributed by atoms with Crippen molar-refractivity contribution in [3.63, 3.8) is 0 Å². The van der Waals surface area contributed by atoms with Gasteiger partial charge in [-0.15, -0.1) is 0 Å². The smallest absolute Gasteiger partial charge is 0.140 e. The maximum absolute atomic E-state index is 13.2. The summed E-state index contributed by atoms with van der Waals surface area (Å²) in [5.74, 6) is 0.692. The van der Waals surface area contributed by atoms with Gasteiger partial charge in [-0.05, 0) is 50.1 Å². The van der Waals surface area contributed by atoms with Crippen molar-refractivity contribution in [3.8, 4) is 6.07 Å². The van der Waals surface area contributed by atoms with Crippen LogP contribution in [-0.4, -0.2) is 30.0 Å². The topological polar surface area (TPSA) is 27.0 Å². The Balaban J connectivity index is 2.64. The first-order chi connectivity index (χ1) is 8.58. The first-order valence-electron chi connectivity index (χ1n) is 5.96. The third-order valence-corrected chi connectivity index (χ3v) is 3.72. The molecule has 0 spiro atoms. The van der Waals surface area contributed by atoms with Crippen molar-refractivity contribution >= 4 is 11.8 Å². The second kappa shape index (κ2) is 7.40. The Morgan fingerprint density at radius 1 is 1.50 bits per heavy atom. The molecule has 0 fully saturated rings. The molecule has 0 aliphatic carbocycles. The Morgan fingerprint density at radius 2 is 2.22 bits per heavy atom. The first-order valence-corrected chi connectivity index (χ1v) is 7.35. The minimum absolute atomic E-state index is 0.123. The fourth-order valence-corrected chi connectivity index (χ4v) is 2.29. The number of benzene rings is 1. The summed E-state index contributed by atoms with van der Waals surface area (Å²) in [6.45, 7) is 2.93. The Morgan fingerprint density at radius 3 is 2.83 bits per heavy atom. The monoisotopic (exact) mass is 266 g/mol. The van der Waals surface area contributed by atoms with E-state index in [2.05, 4.69) is 25.1 Å². The van der Waals surface area contributed by atoms with Crippen molar-refractivity contribution in [2.45, 2.75) is 25.9 Å². The van der Waals surface area contributed by atoms with E-state index in [1.165, 1.54) is 6.07 Å². The number of thioether (sulfide) groups is 1. The van der Waals surface area contributed by atoms with E-state index in [1.54, 1.807) is 12.1 Å². The molecule has 1 unspecified atom stereocenters. The molecule has 0 aliphatic rings. The zero-order chi connectivity index (χ0) is 13.5. The van der Waals surface area contributed by atoms with E-state index >= 15 is 0 Å². The van der Waals surface area contributed by atoms with Crippen LogP contribution in [0.1, 0.15) is 24.5 Å². The molecule has 0 aliphatic heterocycles. The lowest BCUT2D eigenvalue weighted by Gasteiger charge is -2.24. The quantitative estimate of drug-likeness (QED) is 0.790. The van der Waals surface area contributed by atoms with Crippen molar-refractivity contribution in [1.29, 1.82) is 5.26 Å². The van der Waals surface area contributed by atoms with E-state index in [9.17, 15) is 4.39 Å². The molecule has 4 heteroatoms. The largest absolute Gasteiger partial charge is 0.299 e. The molecule has 0 radical (unpaired) electrons. The van der Waals surface area contributed by atoms with Gasteiger partial charge in [-0.3, -0.25) is 4.90 Å². The van der Waals surface area contributed by atoms with Crippen molar-refractivity contribution in [2.24, 2.45) is 0 Å². The highest BCUT2D eigenvalue weighted by molar-refractivity contribution is 7.98. The third-order valence-electron chi connectivity index (χ3n) is 3.08. The van der Waals surface area contributed by atoms with E-state index in [-0.39, 0.29) is 5.56 Å². The molecule has 0 bridgehead atoms. The molecule has 0 amide bonds. The van der Waals surface area contributed by atoms with Crippen LogP contribution >= 0.6 is 11.8 Å². The molecule has 2 nitrogen and oxygen atoms in total. The molecule has 0 saturated carbocycles. The molecule has 1 aromatic carbocycles. The highest BCUT2D eigenvalue weighted by atomic mass is 32.2.